The van der Waals surface area contributed by atoms with Gasteiger partial charge in [0.15, 0.2) is 12.0 Å². The molecule has 1 amide bonds. The van der Waals surface area contributed by atoms with E-state index in [1.54, 1.807) is 24.4 Å². The van der Waals surface area contributed by atoms with Gasteiger partial charge in [-0.15, -0.1) is 0 Å². The highest BCUT2D eigenvalue weighted by molar-refractivity contribution is 5.83. The summed E-state index contributed by atoms with van der Waals surface area (Å²) in [5, 5.41) is 3.29. The predicted octanol–water partition coefficient (Wildman–Crippen LogP) is 3.66. The van der Waals surface area contributed by atoms with Crippen LogP contribution in [0.3, 0.4) is 0 Å². The first kappa shape index (κ1) is 28.1. The first-order chi connectivity index (χ1) is 20.5. The van der Waals surface area contributed by atoms with Crippen molar-refractivity contribution in [1.29, 1.82) is 0 Å². The highest BCUT2D eigenvalue weighted by atomic mass is 19.1. The fourth-order valence-electron chi connectivity index (χ4n) is 5.43. The number of nitrogens with zero attached hydrogens (tertiary/aromatic N) is 6. The summed E-state index contributed by atoms with van der Waals surface area (Å²) >= 11 is 0. The molecule has 2 N–H and O–H groups in total. The zero-order valence-electron chi connectivity index (χ0n) is 23.8. The lowest BCUT2D eigenvalue weighted by atomic mass is 9.89. The van der Waals surface area contributed by atoms with Crippen LogP contribution in [0, 0.1) is 11.2 Å². The van der Waals surface area contributed by atoms with Gasteiger partial charge in [0, 0.05) is 37.8 Å². The summed E-state index contributed by atoms with van der Waals surface area (Å²) in [7, 11) is 0. The second-order valence-corrected chi connectivity index (χ2v) is 11.2. The molecule has 0 radical (unpaired) electrons. The SMILES string of the molecule is CC1(C(=O)N2CCCCC2)COC(c2nc(-c3ccc(F)cc3)c(-c3ccnc(NCCC[N+]4=CN=CC4)n3)[nH]2)OC1. The highest BCUT2D eigenvalue weighted by Crippen LogP contribution is 2.36. The summed E-state index contributed by atoms with van der Waals surface area (Å²) in [6.45, 7) is 6.31. The minimum absolute atomic E-state index is 0.0701. The lowest BCUT2D eigenvalue weighted by Gasteiger charge is -2.40. The average Bonchev–Trinajstić information content (AvgIpc) is 3.71. The molecule has 0 aliphatic carbocycles. The summed E-state index contributed by atoms with van der Waals surface area (Å²) in [5.41, 5.74) is 1.80. The van der Waals surface area contributed by atoms with E-state index in [2.05, 4.69) is 24.9 Å². The number of halogens is 1. The van der Waals surface area contributed by atoms with Crippen molar-refractivity contribution in [2.75, 3.05) is 51.3 Å². The molecule has 5 heterocycles. The summed E-state index contributed by atoms with van der Waals surface area (Å²) in [6, 6.07) is 7.94. The van der Waals surface area contributed by atoms with E-state index in [0.29, 0.717) is 41.0 Å². The predicted molar refractivity (Wildman–Crippen MR) is 156 cm³/mol. The Labute approximate surface area is 243 Å². The van der Waals surface area contributed by atoms with Gasteiger partial charge in [-0.2, -0.15) is 0 Å². The first-order valence-electron chi connectivity index (χ1n) is 14.5. The molecule has 2 aromatic heterocycles. The van der Waals surface area contributed by atoms with Crippen molar-refractivity contribution in [3.8, 4) is 22.6 Å². The van der Waals surface area contributed by atoms with E-state index in [1.807, 2.05) is 24.4 Å². The second-order valence-electron chi connectivity index (χ2n) is 11.2. The van der Waals surface area contributed by atoms with Crippen LogP contribution in [0.5, 0.6) is 0 Å². The number of anilines is 1. The van der Waals surface area contributed by atoms with Crippen molar-refractivity contribution >= 4 is 24.4 Å². The molecule has 0 bridgehead atoms. The van der Waals surface area contributed by atoms with Crippen molar-refractivity contribution in [2.24, 2.45) is 10.4 Å². The standard InChI is InChI=1S/C30H36FN8O3/c1-30(28(40)39-15-3-2-4-16-39)18-41-27(42-19-30)26-36-24(21-6-8-22(31)9-7-21)25(37-26)23-10-12-34-29(35-23)33-11-5-14-38-17-13-32-20-38/h6-10,12-13,20,27H,2-5,11,14-19H2,1H3,(H,36,37)(H,33,34,35)/q+1. The Hall–Kier alpha value is -4.03. The van der Waals surface area contributed by atoms with Gasteiger partial charge < -0.3 is 24.7 Å². The molecule has 2 saturated heterocycles. The number of carbonyl (C=O) groups is 1. The normalized spacial score (nSPS) is 22.3. The Balaban J connectivity index is 1.19. The fourth-order valence-corrected chi connectivity index (χ4v) is 5.43. The molecule has 1 aromatic carbocycles. The number of amides is 1. The van der Waals surface area contributed by atoms with Crippen LogP contribution in [0.25, 0.3) is 22.6 Å². The molecule has 0 atom stereocenters. The van der Waals surface area contributed by atoms with Crippen LogP contribution in [0.2, 0.25) is 0 Å². The number of hydrogen-bond donors (Lipinski definition) is 2. The molecule has 3 aliphatic rings. The zero-order chi connectivity index (χ0) is 28.9. The quantitative estimate of drug-likeness (QED) is 0.295. The third-order valence-corrected chi connectivity index (χ3v) is 7.80. The van der Waals surface area contributed by atoms with E-state index in [0.717, 1.165) is 51.9 Å². The van der Waals surface area contributed by atoms with Gasteiger partial charge >= 0.3 is 0 Å². The number of piperidine rings is 1. The molecule has 42 heavy (non-hydrogen) atoms. The lowest BCUT2D eigenvalue weighted by Crippen LogP contribution is -2.51. The average molecular weight is 576 g/mol. The van der Waals surface area contributed by atoms with Crippen LogP contribution in [0.1, 0.15) is 44.7 Å². The van der Waals surface area contributed by atoms with E-state index in [-0.39, 0.29) is 24.9 Å². The Morgan fingerprint density at radius 3 is 2.67 bits per heavy atom. The molecule has 3 aromatic rings. The number of aromatic nitrogens is 4. The van der Waals surface area contributed by atoms with Crippen LogP contribution in [0.4, 0.5) is 10.3 Å². The molecule has 2 fully saturated rings. The van der Waals surface area contributed by atoms with Crippen LogP contribution in [-0.2, 0) is 14.3 Å². The lowest BCUT2D eigenvalue weighted by molar-refractivity contribution is -0.504. The highest BCUT2D eigenvalue weighted by Gasteiger charge is 2.43. The number of carbonyl (C=O) groups excluding carboxylic acids is 1. The van der Waals surface area contributed by atoms with Crippen molar-refractivity contribution in [3.05, 3.63) is 48.2 Å². The van der Waals surface area contributed by atoms with Gasteiger partial charge in [0.1, 0.15) is 12.4 Å². The van der Waals surface area contributed by atoms with Crippen molar-refractivity contribution in [3.63, 3.8) is 0 Å². The maximum atomic E-state index is 13.8. The van der Waals surface area contributed by atoms with Crippen LogP contribution in [-0.4, -0.2) is 93.8 Å². The van der Waals surface area contributed by atoms with Crippen LogP contribution in [0.15, 0.2) is 41.5 Å². The zero-order valence-corrected chi connectivity index (χ0v) is 23.8. The van der Waals surface area contributed by atoms with Gasteiger partial charge in [-0.25, -0.2) is 19.3 Å². The summed E-state index contributed by atoms with van der Waals surface area (Å²) in [5.74, 6) is 0.682. The van der Waals surface area contributed by atoms with E-state index in [1.165, 1.54) is 12.1 Å². The van der Waals surface area contributed by atoms with Crippen molar-refractivity contribution < 1.29 is 23.2 Å². The fraction of sp³-hybridized carbons (Fsp3) is 0.467. The molecular weight excluding hydrogens is 539 g/mol. The summed E-state index contributed by atoms with van der Waals surface area (Å²) in [4.78, 5) is 36.6. The molecule has 0 spiro atoms. The Kier molecular flexibility index (Phi) is 8.34. The minimum atomic E-state index is -0.786. The van der Waals surface area contributed by atoms with E-state index in [4.69, 9.17) is 19.4 Å². The number of aliphatic imine (C=N–C) groups is 1. The monoisotopic (exact) mass is 575 g/mol. The van der Waals surface area contributed by atoms with Gasteiger partial charge in [-0.3, -0.25) is 9.37 Å². The number of rotatable bonds is 9. The third kappa shape index (κ3) is 6.24. The summed E-state index contributed by atoms with van der Waals surface area (Å²) < 4.78 is 28.1. The van der Waals surface area contributed by atoms with Gasteiger partial charge in [0.2, 0.25) is 18.1 Å². The molecule has 220 valence electrons. The van der Waals surface area contributed by atoms with Crippen molar-refractivity contribution in [2.45, 2.75) is 38.9 Å². The minimum Gasteiger partial charge on any atom is -0.354 e. The molecule has 6 rings (SSSR count). The largest absolute Gasteiger partial charge is 0.354 e. The number of hydrogen-bond acceptors (Lipinski definition) is 8. The van der Waals surface area contributed by atoms with Crippen LogP contribution < -0.4 is 5.32 Å². The molecule has 0 unspecified atom stereocenters. The van der Waals surface area contributed by atoms with E-state index < -0.39 is 11.7 Å². The Morgan fingerprint density at radius 2 is 1.93 bits per heavy atom. The Bertz CT molecular complexity index is 1460. The third-order valence-electron chi connectivity index (χ3n) is 7.80. The number of nitrogens with one attached hydrogen (secondary N) is 2. The van der Waals surface area contributed by atoms with Gasteiger partial charge in [-0.05, 0) is 56.5 Å². The number of ether oxygens (including phenoxy) is 2. The maximum Gasteiger partial charge on any atom is 0.281 e. The van der Waals surface area contributed by atoms with Gasteiger partial charge in [0.25, 0.3) is 6.34 Å². The van der Waals surface area contributed by atoms with E-state index in [9.17, 15) is 9.18 Å². The molecule has 0 saturated carbocycles. The summed E-state index contributed by atoms with van der Waals surface area (Å²) in [6.07, 6.45) is 8.74. The van der Waals surface area contributed by atoms with E-state index >= 15 is 0 Å². The molecule has 12 heteroatoms. The number of likely N-dealkylation sites (tertiary alicyclic amines) is 1. The number of aromatic amines is 1. The molecule has 11 nitrogen and oxygen atoms in total. The van der Waals surface area contributed by atoms with Gasteiger partial charge in [-0.1, -0.05) is 4.99 Å². The first-order valence-corrected chi connectivity index (χ1v) is 14.5. The van der Waals surface area contributed by atoms with Gasteiger partial charge in [0.05, 0.1) is 42.3 Å². The molecule has 3 aliphatic heterocycles. The topological polar surface area (TPSA) is 121 Å². The Morgan fingerprint density at radius 1 is 1.14 bits per heavy atom. The number of benzene rings is 1. The maximum absolute atomic E-state index is 13.8. The van der Waals surface area contributed by atoms with Crippen LogP contribution >= 0.6 is 0 Å². The smallest absolute Gasteiger partial charge is 0.281 e. The number of imidazole rings is 1. The van der Waals surface area contributed by atoms with Crippen molar-refractivity contribution in [1.82, 2.24) is 24.8 Å². The molecular formula is C30H36FN8O3+. The number of H-pyrrole nitrogens is 1. The second kappa shape index (κ2) is 12.5.